The second-order valence-corrected chi connectivity index (χ2v) is 10.1. The molecule has 0 radical (unpaired) electrons. The van der Waals surface area contributed by atoms with Crippen LogP contribution in [0.15, 0.2) is 48.5 Å². The zero-order chi connectivity index (χ0) is 22.5. The van der Waals surface area contributed by atoms with Crippen LogP contribution in [0, 0.1) is 10.5 Å². The molecule has 0 aliphatic heterocycles. The van der Waals surface area contributed by atoms with E-state index in [-0.39, 0.29) is 12.5 Å². The van der Waals surface area contributed by atoms with E-state index in [1.165, 1.54) is 11.9 Å². The quantitative estimate of drug-likeness (QED) is 0.519. The van der Waals surface area contributed by atoms with Crippen molar-refractivity contribution in [2.45, 2.75) is 26.4 Å². The Morgan fingerprint density at radius 2 is 1.70 bits per heavy atom. The van der Waals surface area contributed by atoms with Gasteiger partial charge >= 0.3 is 0 Å². The van der Waals surface area contributed by atoms with Crippen molar-refractivity contribution in [1.82, 2.24) is 10.2 Å². The third-order valence-electron chi connectivity index (χ3n) is 4.81. The number of aryl methyl sites for hydroxylation is 1. The maximum atomic E-state index is 13.3. The molecule has 0 fully saturated rings. The first kappa shape index (κ1) is 24.1. The van der Waals surface area contributed by atoms with Crippen LogP contribution in [0.25, 0.3) is 0 Å². The zero-order valence-corrected chi connectivity index (χ0v) is 20.4. The van der Waals surface area contributed by atoms with Gasteiger partial charge in [-0.1, -0.05) is 24.3 Å². The van der Waals surface area contributed by atoms with E-state index in [1.54, 1.807) is 31.2 Å². The summed E-state index contributed by atoms with van der Waals surface area (Å²) in [7, 11) is -2.21. The summed E-state index contributed by atoms with van der Waals surface area (Å²) in [5.41, 5.74) is 2.27. The van der Waals surface area contributed by atoms with Crippen LogP contribution in [-0.4, -0.2) is 51.0 Å². The van der Waals surface area contributed by atoms with Crippen molar-refractivity contribution in [3.63, 3.8) is 0 Å². The molecular weight excluding hydrogens is 517 g/mol. The van der Waals surface area contributed by atoms with E-state index in [0.29, 0.717) is 5.69 Å². The molecule has 2 rings (SSSR count). The summed E-state index contributed by atoms with van der Waals surface area (Å²) in [6.45, 7) is 3.36. The Kier molecular flexibility index (Phi) is 8.25. The molecule has 9 heteroatoms. The number of carbonyl (C=O) groups is 2. The van der Waals surface area contributed by atoms with Crippen molar-refractivity contribution >= 4 is 50.1 Å². The Hall–Kier alpha value is -2.14. The first-order valence-electron chi connectivity index (χ1n) is 9.33. The smallest absolute Gasteiger partial charge is 0.244 e. The first-order valence-corrected chi connectivity index (χ1v) is 12.3. The van der Waals surface area contributed by atoms with Gasteiger partial charge in [-0.2, -0.15) is 0 Å². The lowest BCUT2D eigenvalue weighted by molar-refractivity contribution is -0.139. The van der Waals surface area contributed by atoms with Crippen molar-refractivity contribution < 1.29 is 18.0 Å². The van der Waals surface area contributed by atoms with Gasteiger partial charge in [-0.05, 0) is 71.8 Å². The van der Waals surface area contributed by atoms with Crippen LogP contribution >= 0.6 is 22.6 Å². The van der Waals surface area contributed by atoms with Crippen molar-refractivity contribution in [2.75, 3.05) is 24.2 Å². The molecular formula is C21H26IN3O4S. The van der Waals surface area contributed by atoms with Gasteiger partial charge < -0.3 is 10.2 Å². The largest absolute Gasteiger partial charge is 0.357 e. The number of nitrogens with one attached hydrogen (secondary N) is 1. The second-order valence-electron chi connectivity index (χ2n) is 6.98. The maximum Gasteiger partial charge on any atom is 0.244 e. The minimum absolute atomic E-state index is 0.199. The Morgan fingerprint density at radius 3 is 2.23 bits per heavy atom. The predicted molar refractivity (Wildman–Crippen MR) is 127 cm³/mol. The topological polar surface area (TPSA) is 86.8 Å². The lowest BCUT2D eigenvalue weighted by atomic mass is 10.1. The third-order valence-corrected chi connectivity index (χ3v) is 6.67. The predicted octanol–water partition coefficient (Wildman–Crippen LogP) is 2.53. The molecule has 30 heavy (non-hydrogen) atoms. The summed E-state index contributed by atoms with van der Waals surface area (Å²) in [6, 6.07) is 13.7. The molecule has 0 aliphatic carbocycles. The van der Waals surface area contributed by atoms with E-state index in [0.717, 1.165) is 25.3 Å². The lowest BCUT2D eigenvalue weighted by Gasteiger charge is -2.31. The Balaban J connectivity index is 2.38. The molecule has 0 saturated heterocycles. The summed E-state index contributed by atoms with van der Waals surface area (Å²) >= 11 is 2.12. The highest BCUT2D eigenvalue weighted by atomic mass is 127. The van der Waals surface area contributed by atoms with Gasteiger partial charge in [0.25, 0.3) is 0 Å². The number of amides is 2. The third kappa shape index (κ3) is 6.18. The fourth-order valence-electron chi connectivity index (χ4n) is 2.98. The number of nitrogens with zero attached hydrogens (tertiary/aromatic N) is 2. The first-order chi connectivity index (χ1) is 14.0. The standard InChI is InChI=1S/C21H26IN3O4S/c1-15-7-5-6-8-17(15)13-24(16(2)21(27)23-3)20(26)14-25(30(4,28)29)19-11-9-18(22)10-12-19/h5-12,16H,13-14H2,1-4H3,(H,23,27)/t16-/m1/s1. The fourth-order valence-corrected chi connectivity index (χ4v) is 4.19. The molecule has 0 unspecified atom stereocenters. The van der Waals surface area contributed by atoms with Gasteiger partial charge in [-0.3, -0.25) is 13.9 Å². The Morgan fingerprint density at radius 1 is 1.10 bits per heavy atom. The van der Waals surface area contributed by atoms with E-state index in [4.69, 9.17) is 0 Å². The lowest BCUT2D eigenvalue weighted by Crippen LogP contribution is -2.50. The van der Waals surface area contributed by atoms with Crippen molar-refractivity contribution in [3.05, 3.63) is 63.2 Å². The van der Waals surface area contributed by atoms with E-state index in [1.807, 2.05) is 31.2 Å². The second kappa shape index (κ2) is 10.3. The molecule has 0 spiro atoms. The average Bonchev–Trinajstić information content (AvgIpc) is 2.70. The molecule has 2 aromatic carbocycles. The number of carbonyl (C=O) groups excluding carboxylic acids is 2. The number of hydrogen-bond donors (Lipinski definition) is 1. The summed E-state index contributed by atoms with van der Waals surface area (Å²) < 4.78 is 26.9. The average molecular weight is 543 g/mol. The number of halogens is 1. The van der Waals surface area contributed by atoms with E-state index in [2.05, 4.69) is 27.9 Å². The van der Waals surface area contributed by atoms with E-state index < -0.39 is 28.5 Å². The van der Waals surface area contributed by atoms with Crippen LogP contribution in [0.1, 0.15) is 18.1 Å². The number of hydrogen-bond acceptors (Lipinski definition) is 4. The molecule has 1 N–H and O–H groups in total. The molecule has 162 valence electrons. The molecule has 1 atom stereocenters. The number of benzene rings is 2. The Labute approximate surface area is 191 Å². The van der Waals surface area contributed by atoms with Gasteiger partial charge in [0.2, 0.25) is 21.8 Å². The van der Waals surface area contributed by atoms with Crippen molar-refractivity contribution in [3.8, 4) is 0 Å². The highest BCUT2D eigenvalue weighted by Crippen LogP contribution is 2.21. The van der Waals surface area contributed by atoms with Gasteiger partial charge in [0.1, 0.15) is 12.6 Å². The SMILES string of the molecule is CNC(=O)[C@@H](C)N(Cc1ccccc1C)C(=O)CN(c1ccc(I)cc1)S(C)(=O)=O. The van der Waals surface area contributed by atoms with Gasteiger partial charge in [-0.15, -0.1) is 0 Å². The number of likely N-dealkylation sites (N-methyl/N-ethyl adjacent to an activating group) is 1. The summed E-state index contributed by atoms with van der Waals surface area (Å²) in [5, 5.41) is 2.56. The molecule has 0 aliphatic rings. The molecule has 2 amide bonds. The van der Waals surface area contributed by atoms with Crippen LogP contribution in [0.5, 0.6) is 0 Å². The summed E-state index contributed by atoms with van der Waals surface area (Å²) in [4.78, 5) is 27.0. The van der Waals surface area contributed by atoms with E-state index in [9.17, 15) is 18.0 Å². The number of sulfonamides is 1. The minimum Gasteiger partial charge on any atom is -0.357 e. The molecule has 0 heterocycles. The van der Waals surface area contributed by atoms with Crippen molar-refractivity contribution in [2.24, 2.45) is 0 Å². The van der Waals surface area contributed by atoms with Gasteiger partial charge in [-0.25, -0.2) is 8.42 Å². The van der Waals surface area contributed by atoms with Gasteiger partial charge in [0, 0.05) is 17.2 Å². The van der Waals surface area contributed by atoms with Gasteiger partial charge in [0.15, 0.2) is 0 Å². The van der Waals surface area contributed by atoms with Crippen LogP contribution < -0.4 is 9.62 Å². The zero-order valence-electron chi connectivity index (χ0n) is 17.4. The van der Waals surface area contributed by atoms with Crippen molar-refractivity contribution in [1.29, 1.82) is 0 Å². The fraction of sp³-hybridized carbons (Fsp3) is 0.333. The molecule has 0 saturated carbocycles. The Bertz CT molecular complexity index is 1010. The monoisotopic (exact) mass is 543 g/mol. The maximum absolute atomic E-state index is 13.3. The molecule has 0 aromatic heterocycles. The number of anilines is 1. The van der Waals surface area contributed by atoms with Crippen LogP contribution in [-0.2, 0) is 26.2 Å². The number of rotatable bonds is 8. The molecule has 0 bridgehead atoms. The molecule has 7 nitrogen and oxygen atoms in total. The molecule has 2 aromatic rings. The van der Waals surface area contributed by atoms with Gasteiger partial charge in [0.05, 0.1) is 11.9 Å². The van der Waals surface area contributed by atoms with Crippen LogP contribution in [0.2, 0.25) is 0 Å². The highest BCUT2D eigenvalue weighted by Gasteiger charge is 2.29. The normalized spacial score (nSPS) is 12.2. The van der Waals surface area contributed by atoms with E-state index >= 15 is 0 Å². The highest BCUT2D eigenvalue weighted by molar-refractivity contribution is 14.1. The summed E-state index contributed by atoms with van der Waals surface area (Å²) in [5.74, 6) is -0.782. The van der Waals surface area contributed by atoms with Crippen LogP contribution in [0.4, 0.5) is 5.69 Å². The minimum atomic E-state index is -3.71. The summed E-state index contributed by atoms with van der Waals surface area (Å²) in [6.07, 6.45) is 1.06. The van der Waals surface area contributed by atoms with Crippen LogP contribution in [0.3, 0.4) is 0 Å².